The minimum Gasteiger partial charge on any atom is -0.478 e. The molecule has 0 aromatic heterocycles. The van der Waals surface area contributed by atoms with Gasteiger partial charge < -0.3 is 10.8 Å². The van der Waals surface area contributed by atoms with Crippen molar-refractivity contribution in [3.8, 4) is 0 Å². The maximum atomic E-state index is 11.9. The van der Waals surface area contributed by atoms with Crippen LogP contribution in [0.1, 0.15) is 50.5 Å². The van der Waals surface area contributed by atoms with E-state index in [0.717, 1.165) is 38.0 Å². The fraction of sp³-hybridized carbons (Fsp3) is 0.609. The average molecular weight is 388 g/mol. The summed E-state index contributed by atoms with van der Waals surface area (Å²) in [6.07, 6.45) is 10.5. The van der Waals surface area contributed by atoms with Crippen molar-refractivity contribution in [2.24, 2.45) is 23.0 Å². The molecule has 0 spiro atoms. The third-order valence-corrected chi connectivity index (χ3v) is 7.55. The minimum absolute atomic E-state index is 0.288. The molecule has 0 aliphatic heterocycles. The summed E-state index contributed by atoms with van der Waals surface area (Å²) in [5, 5.41) is 9.78. The molecule has 2 unspecified atom stereocenters. The van der Waals surface area contributed by atoms with E-state index < -0.39 is 5.97 Å². The van der Waals surface area contributed by atoms with Gasteiger partial charge in [0.05, 0.1) is 0 Å². The molecule has 0 bridgehead atoms. The third-order valence-electron chi connectivity index (χ3n) is 6.94. The van der Waals surface area contributed by atoms with E-state index in [2.05, 4.69) is 30.3 Å². The fourth-order valence-corrected chi connectivity index (χ4v) is 5.98. The van der Waals surface area contributed by atoms with Crippen LogP contribution in [0.2, 0.25) is 0 Å². The number of carboxylic acid groups (broad SMARTS) is 1. The zero-order chi connectivity index (χ0) is 19.3. The molecule has 0 amide bonds. The van der Waals surface area contributed by atoms with E-state index in [0.29, 0.717) is 23.8 Å². The second kappa shape index (κ2) is 9.29. The van der Waals surface area contributed by atoms with Crippen LogP contribution in [-0.2, 0) is 11.2 Å². The largest absolute Gasteiger partial charge is 0.478 e. The Bertz CT molecular complexity index is 672. The zero-order valence-corrected chi connectivity index (χ0v) is 17.3. The van der Waals surface area contributed by atoms with Crippen molar-refractivity contribution in [1.82, 2.24) is 0 Å². The van der Waals surface area contributed by atoms with Gasteiger partial charge in [-0.2, -0.15) is 11.8 Å². The van der Waals surface area contributed by atoms with Crippen LogP contribution in [0, 0.1) is 17.3 Å². The molecule has 3 rings (SSSR count). The Balaban J connectivity index is 1.90. The lowest BCUT2D eigenvalue weighted by molar-refractivity contribution is -0.132. The standard InChI is InChI=1S/C23H33NO2S/c1-27-13-10-20(22(25)26)18-9-12-23(15-17-6-3-2-4-7-17)11-5-8-19(16-24)21(23)14-18/h2-4,6-7,19,21H,5,8-16,24H2,1H3,(H,25,26)/b20-18+/t19?,21-,23?/m0/s1. The highest BCUT2D eigenvalue weighted by Crippen LogP contribution is 2.56. The Morgan fingerprint density at radius 2 is 2.07 bits per heavy atom. The van der Waals surface area contributed by atoms with Gasteiger partial charge in [0.2, 0.25) is 0 Å². The van der Waals surface area contributed by atoms with Crippen LogP contribution in [0.25, 0.3) is 0 Å². The summed E-state index contributed by atoms with van der Waals surface area (Å²) < 4.78 is 0. The van der Waals surface area contributed by atoms with Crippen LogP contribution < -0.4 is 5.73 Å². The molecule has 4 heteroatoms. The molecule has 0 saturated heterocycles. The number of carbonyl (C=O) groups is 1. The van der Waals surface area contributed by atoms with Gasteiger partial charge >= 0.3 is 5.97 Å². The van der Waals surface area contributed by atoms with E-state index in [4.69, 9.17) is 5.73 Å². The Morgan fingerprint density at radius 1 is 1.30 bits per heavy atom. The van der Waals surface area contributed by atoms with Gasteiger partial charge in [-0.3, -0.25) is 0 Å². The van der Waals surface area contributed by atoms with Crippen molar-refractivity contribution in [3.05, 3.63) is 47.0 Å². The van der Waals surface area contributed by atoms with Gasteiger partial charge in [0.1, 0.15) is 0 Å². The Kier molecular flexibility index (Phi) is 7.04. The van der Waals surface area contributed by atoms with E-state index in [1.165, 1.54) is 30.4 Å². The summed E-state index contributed by atoms with van der Waals surface area (Å²) in [6.45, 7) is 0.724. The first-order valence-corrected chi connectivity index (χ1v) is 11.7. The van der Waals surface area contributed by atoms with Crippen LogP contribution in [0.5, 0.6) is 0 Å². The number of hydrogen-bond donors (Lipinski definition) is 2. The number of carboxylic acids is 1. The highest BCUT2D eigenvalue weighted by atomic mass is 32.2. The van der Waals surface area contributed by atoms with E-state index in [9.17, 15) is 9.90 Å². The topological polar surface area (TPSA) is 63.3 Å². The molecule has 2 aliphatic carbocycles. The highest BCUT2D eigenvalue weighted by Gasteiger charge is 2.47. The maximum absolute atomic E-state index is 11.9. The molecular weight excluding hydrogens is 354 g/mol. The van der Waals surface area contributed by atoms with Crippen molar-refractivity contribution < 1.29 is 9.90 Å². The van der Waals surface area contributed by atoms with E-state index in [1.54, 1.807) is 11.8 Å². The van der Waals surface area contributed by atoms with Gasteiger partial charge in [0.15, 0.2) is 0 Å². The molecule has 3 atom stereocenters. The number of allylic oxidation sites excluding steroid dienone is 1. The number of nitrogens with two attached hydrogens (primary N) is 1. The molecule has 1 aromatic rings. The van der Waals surface area contributed by atoms with Crippen LogP contribution >= 0.6 is 11.8 Å². The van der Waals surface area contributed by atoms with Gasteiger partial charge in [-0.25, -0.2) is 4.79 Å². The van der Waals surface area contributed by atoms with Gasteiger partial charge in [0, 0.05) is 5.57 Å². The molecule has 2 saturated carbocycles. The number of benzene rings is 1. The van der Waals surface area contributed by atoms with E-state index in [1.807, 2.05) is 6.26 Å². The SMILES string of the molecule is CSCC/C(C(=O)O)=C1/CCC2(Cc3ccccc3)CCCC(CN)[C@@H]2C1. The summed E-state index contributed by atoms with van der Waals surface area (Å²) in [4.78, 5) is 11.9. The predicted octanol–water partition coefficient (Wildman–Crippen LogP) is 4.91. The second-order valence-corrected chi connectivity index (χ2v) is 9.34. The summed E-state index contributed by atoms with van der Waals surface area (Å²) in [5.74, 6) is 1.21. The predicted molar refractivity (Wildman–Crippen MR) is 114 cm³/mol. The molecule has 2 fully saturated rings. The third kappa shape index (κ3) is 4.60. The van der Waals surface area contributed by atoms with Gasteiger partial charge in [-0.05, 0) is 86.3 Å². The second-order valence-electron chi connectivity index (χ2n) is 8.35. The van der Waals surface area contributed by atoms with E-state index >= 15 is 0 Å². The number of hydrogen-bond acceptors (Lipinski definition) is 3. The first kappa shape index (κ1) is 20.5. The van der Waals surface area contributed by atoms with Gasteiger partial charge in [-0.1, -0.05) is 42.3 Å². The quantitative estimate of drug-likeness (QED) is 0.653. The van der Waals surface area contributed by atoms with Crippen molar-refractivity contribution in [2.75, 3.05) is 18.6 Å². The Hall–Kier alpha value is -1.26. The smallest absolute Gasteiger partial charge is 0.331 e. The lowest BCUT2D eigenvalue weighted by Crippen LogP contribution is -2.46. The molecule has 148 valence electrons. The molecule has 0 heterocycles. The van der Waals surface area contributed by atoms with Gasteiger partial charge in [0.25, 0.3) is 0 Å². The van der Waals surface area contributed by atoms with Crippen molar-refractivity contribution in [2.45, 2.75) is 51.4 Å². The van der Waals surface area contributed by atoms with Crippen molar-refractivity contribution >= 4 is 17.7 Å². The Morgan fingerprint density at radius 3 is 2.74 bits per heavy atom. The maximum Gasteiger partial charge on any atom is 0.331 e. The number of thioether (sulfide) groups is 1. The lowest BCUT2D eigenvalue weighted by Gasteiger charge is -2.52. The number of aliphatic carboxylic acids is 1. The fourth-order valence-electron chi connectivity index (χ4n) is 5.57. The normalized spacial score (nSPS) is 29.9. The van der Waals surface area contributed by atoms with E-state index in [-0.39, 0.29) is 5.41 Å². The molecule has 3 nitrogen and oxygen atoms in total. The highest BCUT2D eigenvalue weighted by molar-refractivity contribution is 7.98. The van der Waals surface area contributed by atoms with Crippen LogP contribution in [0.4, 0.5) is 0 Å². The molecule has 1 aromatic carbocycles. The molecule has 27 heavy (non-hydrogen) atoms. The number of rotatable bonds is 7. The molecule has 2 aliphatic rings. The summed E-state index contributed by atoms with van der Waals surface area (Å²) in [7, 11) is 0. The van der Waals surface area contributed by atoms with Crippen molar-refractivity contribution in [3.63, 3.8) is 0 Å². The van der Waals surface area contributed by atoms with Crippen LogP contribution in [0.15, 0.2) is 41.5 Å². The summed E-state index contributed by atoms with van der Waals surface area (Å²) in [6, 6.07) is 10.8. The monoisotopic (exact) mass is 387 g/mol. The first-order valence-electron chi connectivity index (χ1n) is 10.3. The van der Waals surface area contributed by atoms with Gasteiger partial charge in [-0.15, -0.1) is 0 Å². The first-order chi connectivity index (χ1) is 13.1. The molecular formula is C23H33NO2S. The minimum atomic E-state index is -0.713. The molecule has 0 radical (unpaired) electrons. The zero-order valence-electron chi connectivity index (χ0n) is 16.5. The Labute approximate surface area is 167 Å². The average Bonchev–Trinajstić information content (AvgIpc) is 2.68. The summed E-state index contributed by atoms with van der Waals surface area (Å²) >= 11 is 1.72. The summed E-state index contributed by atoms with van der Waals surface area (Å²) in [5.41, 5.74) is 9.77. The molecule has 3 N–H and O–H groups in total. The number of fused-ring (bicyclic) bond motifs is 1. The van der Waals surface area contributed by atoms with Crippen LogP contribution in [-0.4, -0.2) is 29.6 Å². The lowest BCUT2D eigenvalue weighted by atomic mass is 9.53. The van der Waals surface area contributed by atoms with Crippen molar-refractivity contribution in [1.29, 1.82) is 0 Å². The van der Waals surface area contributed by atoms with Crippen LogP contribution in [0.3, 0.4) is 0 Å².